The number of methoxy groups -OCH3 is 1. The first kappa shape index (κ1) is 23.1. The number of piperidine rings is 1. The van der Waals surface area contributed by atoms with Crippen molar-refractivity contribution in [1.29, 1.82) is 0 Å². The van der Waals surface area contributed by atoms with Crippen molar-refractivity contribution in [3.05, 3.63) is 42.5 Å². The van der Waals surface area contributed by atoms with Crippen LogP contribution in [0, 0.1) is 0 Å². The third-order valence-electron chi connectivity index (χ3n) is 5.96. The highest BCUT2D eigenvalue weighted by molar-refractivity contribution is 7.92. The van der Waals surface area contributed by atoms with Gasteiger partial charge in [0.05, 0.1) is 12.8 Å². The molecule has 2 aliphatic heterocycles. The van der Waals surface area contributed by atoms with Gasteiger partial charge in [0.25, 0.3) is 10.0 Å². The lowest BCUT2D eigenvalue weighted by Crippen LogP contribution is -2.44. The van der Waals surface area contributed by atoms with Crippen molar-refractivity contribution in [2.24, 2.45) is 0 Å². The Morgan fingerprint density at radius 3 is 2.09 bits per heavy atom. The number of benzene rings is 2. The number of hydrogen-bond donors (Lipinski definition) is 1. The molecule has 0 radical (unpaired) electrons. The number of piperazine rings is 1. The third-order valence-corrected chi connectivity index (χ3v) is 7.37. The van der Waals surface area contributed by atoms with Crippen LogP contribution in [0.15, 0.2) is 47.4 Å². The maximum atomic E-state index is 13.2. The van der Waals surface area contributed by atoms with Crippen LogP contribution in [-0.4, -0.2) is 65.5 Å². The molecule has 2 aromatic rings. The predicted octanol–water partition coefficient (Wildman–Crippen LogP) is 2.29. The number of likely N-dealkylation sites (N-methyl/N-ethyl adjacent to an activating group) is 1. The Hall–Kier alpha value is -3.11. The van der Waals surface area contributed by atoms with Crippen molar-refractivity contribution in [1.82, 2.24) is 4.90 Å². The van der Waals surface area contributed by atoms with Crippen LogP contribution in [0.4, 0.5) is 17.1 Å². The summed E-state index contributed by atoms with van der Waals surface area (Å²) in [4.78, 5) is 30.0. The largest absolute Gasteiger partial charge is 0.495 e. The van der Waals surface area contributed by atoms with Gasteiger partial charge in [-0.15, -0.1) is 0 Å². The first-order chi connectivity index (χ1) is 15.8. The van der Waals surface area contributed by atoms with Gasteiger partial charge in [-0.2, -0.15) is 0 Å². The van der Waals surface area contributed by atoms with E-state index in [1.807, 2.05) is 12.1 Å². The van der Waals surface area contributed by atoms with Gasteiger partial charge in [-0.1, -0.05) is 0 Å². The van der Waals surface area contributed by atoms with Crippen molar-refractivity contribution in [2.45, 2.75) is 24.2 Å². The first-order valence-electron chi connectivity index (χ1n) is 10.9. The maximum absolute atomic E-state index is 13.2. The minimum atomic E-state index is -4.04. The minimum absolute atomic E-state index is 0.122. The molecule has 0 aliphatic carbocycles. The second-order valence-corrected chi connectivity index (χ2v) is 9.91. The van der Waals surface area contributed by atoms with Crippen molar-refractivity contribution in [3.63, 3.8) is 0 Å². The standard InChI is InChI=1S/C23H28N4O5S/c1-25-12-14-26(15-13-25)18-8-6-17(7-9-18)24-33(30,31)21-16-19(10-11-20(21)32-2)27-22(28)4-3-5-23(27)29/h6-11,16,24H,3-5,12-15H2,1-2H3. The summed E-state index contributed by atoms with van der Waals surface area (Å²) in [6, 6.07) is 11.5. The number of sulfonamides is 1. The zero-order valence-electron chi connectivity index (χ0n) is 18.8. The zero-order valence-corrected chi connectivity index (χ0v) is 19.6. The fourth-order valence-corrected chi connectivity index (χ4v) is 5.32. The quantitative estimate of drug-likeness (QED) is 0.644. The van der Waals surface area contributed by atoms with E-state index in [1.165, 1.54) is 25.3 Å². The number of imide groups is 1. The average molecular weight is 473 g/mol. The van der Waals surface area contributed by atoms with Crippen LogP contribution in [0.2, 0.25) is 0 Å². The SMILES string of the molecule is COc1ccc(N2C(=O)CCCC2=O)cc1S(=O)(=O)Nc1ccc(N2CCN(C)CC2)cc1. The molecule has 9 nitrogen and oxygen atoms in total. The van der Waals surface area contributed by atoms with Crippen molar-refractivity contribution < 1.29 is 22.7 Å². The molecular weight excluding hydrogens is 444 g/mol. The molecule has 0 atom stereocenters. The molecule has 2 heterocycles. The van der Waals surface area contributed by atoms with E-state index in [1.54, 1.807) is 12.1 Å². The molecular formula is C23H28N4O5S. The normalized spacial score (nSPS) is 17.9. The van der Waals surface area contributed by atoms with Gasteiger partial charge in [0, 0.05) is 50.4 Å². The summed E-state index contributed by atoms with van der Waals surface area (Å²) in [6.07, 6.45) is 0.997. The van der Waals surface area contributed by atoms with Gasteiger partial charge >= 0.3 is 0 Å². The lowest BCUT2D eigenvalue weighted by atomic mass is 10.1. The van der Waals surface area contributed by atoms with E-state index < -0.39 is 10.0 Å². The lowest BCUT2D eigenvalue weighted by Gasteiger charge is -2.34. The highest BCUT2D eigenvalue weighted by Crippen LogP contribution is 2.32. The molecule has 0 saturated carbocycles. The average Bonchev–Trinajstić information content (AvgIpc) is 2.80. The molecule has 1 N–H and O–H groups in total. The summed E-state index contributed by atoms with van der Waals surface area (Å²) >= 11 is 0. The van der Waals surface area contributed by atoms with Gasteiger partial charge in [0.1, 0.15) is 10.6 Å². The summed E-state index contributed by atoms with van der Waals surface area (Å²) in [5.41, 5.74) is 1.66. The number of carbonyl (C=O) groups is 2. The van der Waals surface area contributed by atoms with Gasteiger partial charge in [-0.25, -0.2) is 8.42 Å². The summed E-state index contributed by atoms with van der Waals surface area (Å²) in [6.45, 7) is 3.79. The summed E-state index contributed by atoms with van der Waals surface area (Å²) in [5, 5.41) is 0. The molecule has 176 valence electrons. The first-order valence-corrected chi connectivity index (χ1v) is 12.4. The van der Waals surface area contributed by atoms with Gasteiger partial charge < -0.3 is 14.5 Å². The molecule has 2 aliphatic rings. The van der Waals surface area contributed by atoms with Crippen molar-refractivity contribution in [2.75, 3.05) is 54.9 Å². The molecule has 2 fully saturated rings. The van der Waals surface area contributed by atoms with Gasteiger partial charge in [-0.3, -0.25) is 19.2 Å². The highest BCUT2D eigenvalue weighted by Gasteiger charge is 2.30. The lowest BCUT2D eigenvalue weighted by molar-refractivity contribution is -0.129. The van der Waals surface area contributed by atoms with Gasteiger partial charge in [-0.05, 0) is 55.9 Å². The Labute approximate surface area is 194 Å². The molecule has 0 aromatic heterocycles. The smallest absolute Gasteiger partial charge is 0.265 e. The zero-order chi connectivity index (χ0) is 23.6. The highest BCUT2D eigenvalue weighted by atomic mass is 32.2. The Kier molecular flexibility index (Phi) is 6.57. The van der Waals surface area contributed by atoms with E-state index in [9.17, 15) is 18.0 Å². The van der Waals surface area contributed by atoms with E-state index in [0.29, 0.717) is 12.1 Å². The number of hydrogen-bond acceptors (Lipinski definition) is 7. The molecule has 4 rings (SSSR count). The number of nitrogens with one attached hydrogen (secondary N) is 1. The Morgan fingerprint density at radius 2 is 1.48 bits per heavy atom. The van der Waals surface area contributed by atoms with Crippen molar-refractivity contribution in [3.8, 4) is 5.75 Å². The monoisotopic (exact) mass is 472 g/mol. The molecule has 0 bridgehead atoms. The number of anilines is 3. The van der Waals surface area contributed by atoms with Crippen LogP contribution >= 0.6 is 0 Å². The third kappa shape index (κ3) is 4.96. The van der Waals surface area contributed by atoms with Crippen LogP contribution in [-0.2, 0) is 19.6 Å². The molecule has 2 saturated heterocycles. The molecule has 2 aromatic carbocycles. The van der Waals surface area contributed by atoms with Gasteiger partial charge in [0.15, 0.2) is 0 Å². The molecule has 33 heavy (non-hydrogen) atoms. The van der Waals surface area contributed by atoms with E-state index in [2.05, 4.69) is 21.6 Å². The van der Waals surface area contributed by atoms with Crippen LogP contribution in [0.3, 0.4) is 0 Å². The Morgan fingerprint density at radius 1 is 0.879 bits per heavy atom. The predicted molar refractivity (Wildman–Crippen MR) is 126 cm³/mol. The fraction of sp³-hybridized carbons (Fsp3) is 0.391. The van der Waals surface area contributed by atoms with Gasteiger partial charge in [0.2, 0.25) is 11.8 Å². The number of rotatable bonds is 6. The second kappa shape index (κ2) is 9.40. The number of nitrogens with zero attached hydrogens (tertiary/aromatic N) is 3. The van der Waals surface area contributed by atoms with Crippen molar-refractivity contribution >= 4 is 38.9 Å². The number of carbonyl (C=O) groups excluding carboxylic acids is 2. The van der Waals surface area contributed by atoms with E-state index >= 15 is 0 Å². The molecule has 2 amide bonds. The molecule has 0 unspecified atom stereocenters. The van der Waals surface area contributed by atoms with Crippen LogP contribution in [0.1, 0.15) is 19.3 Å². The maximum Gasteiger partial charge on any atom is 0.265 e. The van der Waals surface area contributed by atoms with Crippen LogP contribution in [0.5, 0.6) is 5.75 Å². The molecule has 0 spiro atoms. The minimum Gasteiger partial charge on any atom is -0.495 e. The summed E-state index contributed by atoms with van der Waals surface area (Å²) in [7, 11) is -0.578. The van der Waals surface area contributed by atoms with Crippen LogP contribution < -0.4 is 19.3 Å². The topological polar surface area (TPSA) is 99.3 Å². The Bertz CT molecular complexity index is 1130. The van der Waals surface area contributed by atoms with Crippen LogP contribution in [0.25, 0.3) is 0 Å². The number of amides is 2. The van der Waals surface area contributed by atoms with E-state index in [4.69, 9.17) is 4.74 Å². The van der Waals surface area contributed by atoms with E-state index in [-0.39, 0.29) is 41.0 Å². The summed E-state index contributed by atoms with van der Waals surface area (Å²) in [5.74, 6) is -0.559. The van der Waals surface area contributed by atoms with E-state index in [0.717, 1.165) is 36.8 Å². The Balaban J connectivity index is 1.57. The fourth-order valence-electron chi connectivity index (χ4n) is 4.07. The second-order valence-electron chi connectivity index (χ2n) is 8.25. The number of ether oxygens (including phenoxy) is 1. The molecule has 10 heteroatoms. The summed E-state index contributed by atoms with van der Waals surface area (Å²) < 4.78 is 34.2.